The SMILES string of the molecule is CC1c2c(OCC3CO3)cc(OCC3CO3)cc2OC(c2ccc3c(c2)OCCO3)C1O. The van der Waals surface area contributed by atoms with Crippen LogP contribution in [0, 0.1) is 0 Å². The van der Waals surface area contributed by atoms with Gasteiger partial charge in [-0.3, -0.25) is 0 Å². The van der Waals surface area contributed by atoms with E-state index in [-0.39, 0.29) is 18.1 Å². The molecule has 8 nitrogen and oxygen atoms in total. The highest BCUT2D eigenvalue weighted by molar-refractivity contribution is 5.55. The Balaban J connectivity index is 1.32. The minimum Gasteiger partial charge on any atom is -0.491 e. The van der Waals surface area contributed by atoms with Crippen molar-refractivity contribution in [2.45, 2.75) is 37.3 Å². The van der Waals surface area contributed by atoms with Crippen LogP contribution in [0.5, 0.6) is 28.7 Å². The number of hydrogen-bond acceptors (Lipinski definition) is 8. The Morgan fingerprint density at radius 3 is 2.38 bits per heavy atom. The maximum Gasteiger partial charge on any atom is 0.161 e. The van der Waals surface area contributed by atoms with Gasteiger partial charge in [0.2, 0.25) is 0 Å². The van der Waals surface area contributed by atoms with Crippen molar-refractivity contribution >= 4 is 0 Å². The van der Waals surface area contributed by atoms with Gasteiger partial charge in [0.25, 0.3) is 0 Å². The molecule has 2 aromatic carbocycles. The zero-order chi connectivity index (χ0) is 21.7. The second-order valence-electron chi connectivity index (χ2n) is 8.59. The minimum atomic E-state index is -0.767. The number of hydrogen-bond donors (Lipinski definition) is 1. The number of aliphatic hydroxyl groups is 1. The Bertz CT molecular complexity index is 1000. The summed E-state index contributed by atoms with van der Waals surface area (Å²) in [4.78, 5) is 0. The van der Waals surface area contributed by atoms with Crippen molar-refractivity contribution in [1.29, 1.82) is 0 Å². The Morgan fingerprint density at radius 1 is 0.906 bits per heavy atom. The Labute approximate surface area is 185 Å². The summed E-state index contributed by atoms with van der Waals surface area (Å²) in [7, 11) is 0. The van der Waals surface area contributed by atoms with Gasteiger partial charge in [-0.15, -0.1) is 0 Å². The number of fused-ring (bicyclic) bond motifs is 2. The first-order valence-corrected chi connectivity index (χ1v) is 11.1. The van der Waals surface area contributed by atoms with E-state index in [1.54, 1.807) is 0 Å². The standard InChI is InChI=1S/C24H26O8/c1-13-22-20(31-12-17-11-30-17)7-15(28-9-16-10-29-16)8-21(22)32-24(23(13)25)14-2-3-18-19(6-14)27-5-4-26-18/h2-3,6-8,13,16-17,23-25H,4-5,9-12H2,1H3. The average molecular weight is 442 g/mol. The highest BCUT2D eigenvalue weighted by Gasteiger charge is 2.39. The largest absolute Gasteiger partial charge is 0.491 e. The van der Waals surface area contributed by atoms with E-state index in [2.05, 4.69) is 0 Å². The molecule has 0 aromatic heterocycles. The maximum absolute atomic E-state index is 11.2. The van der Waals surface area contributed by atoms with Gasteiger partial charge in [-0.1, -0.05) is 13.0 Å². The third-order valence-electron chi connectivity index (χ3n) is 6.17. The summed E-state index contributed by atoms with van der Waals surface area (Å²) in [5, 5.41) is 11.2. The minimum absolute atomic E-state index is 0.116. The van der Waals surface area contributed by atoms with E-state index in [0.29, 0.717) is 61.8 Å². The molecule has 5 atom stereocenters. The molecule has 4 heterocycles. The summed E-state index contributed by atoms with van der Waals surface area (Å²) in [6.45, 7) is 5.38. The molecule has 0 amide bonds. The fraction of sp³-hybridized carbons (Fsp3) is 0.500. The number of epoxide rings is 2. The number of ether oxygens (including phenoxy) is 7. The van der Waals surface area contributed by atoms with Gasteiger partial charge in [-0.25, -0.2) is 0 Å². The molecule has 170 valence electrons. The molecule has 4 aliphatic heterocycles. The molecule has 0 saturated carbocycles. The van der Waals surface area contributed by atoms with Crippen LogP contribution >= 0.6 is 0 Å². The first kappa shape index (κ1) is 20.0. The van der Waals surface area contributed by atoms with E-state index in [0.717, 1.165) is 17.7 Å². The predicted molar refractivity (Wildman–Crippen MR) is 112 cm³/mol. The van der Waals surface area contributed by atoms with Gasteiger partial charge in [0.15, 0.2) is 17.6 Å². The number of rotatable bonds is 7. The summed E-state index contributed by atoms with van der Waals surface area (Å²) in [5.74, 6) is 3.09. The molecule has 2 fully saturated rings. The zero-order valence-corrected chi connectivity index (χ0v) is 17.8. The summed E-state index contributed by atoms with van der Waals surface area (Å²) in [6.07, 6.45) is -1.07. The van der Waals surface area contributed by atoms with E-state index in [9.17, 15) is 5.11 Å². The second kappa shape index (κ2) is 8.03. The van der Waals surface area contributed by atoms with Crippen molar-refractivity contribution in [3.8, 4) is 28.7 Å². The van der Waals surface area contributed by atoms with E-state index in [4.69, 9.17) is 33.2 Å². The molecule has 8 heteroatoms. The van der Waals surface area contributed by atoms with Crippen LogP contribution in [0.25, 0.3) is 0 Å². The molecule has 32 heavy (non-hydrogen) atoms. The summed E-state index contributed by atoms with van der Waals surface area (Å²) < 4.78 is 40.2. The fourth-order valence-electron chi connectivity index (χ4n) is 4.17. The van der Waals surface area contributed by atoms with Crippen LogP contribution in [0.1, 0.15) is 30.1 Å². The Hall–Kier alpha value is -2.68. The van der Waals surface area contributed by atoms with Crippen LogP contribution in [0.15, 0.2) is 30.3 Å². The van der Waals surface area contributed by atoms with Gasteiger partial charge < -0.3 is 38.3 Å². The van der Waals surface area contributed by atoms with E-state index >= 15 is 0 Å². The van der Waals surface area contributed by atoms with E-state index in [1.165, 1.54) is 0 Å². The number of benzene rings is 2. The second-order valence-corrected chi connectivity index (χ2v) is 8.59. The lowest BCUT2D eigenvalue weighted by atomic mass is 9.85. The quantitative estimate of drug-likeness (QED) is 0.655. The topological polar surface area (TPSA) is 91.4 Å². The predicted octanol–water partition coefficient (Wildman–Crippen LogP) is 2.61. The third-order valence-corrected chi connectivity index (χ3v) is 6.17. The van der Waals surface area contributed by atoms with Gasteiger partial charge in [-0.2, -0.15) is 0 Å². The van der Waals surface area contributed by atoms with Crippen LogP contribution in [-0.4, -0.2) is 63.1 Å². The Morgan fingerprint density at radius 2 is 1.62 bits per heavy atom. The Kier molecular flexibility index (Phi) is 5.01. The lowest BCUT2D eigenvalue weighted by Crippen LogP contribution is -2.33. The zero-order valence-electron chi connectivity index (χ0n) is 17.8. The monoisotopic (exact) mass is 442 g/mol. The van der Waals surface area contributed by atoms with E-state index in [1.807, 2.05) is 37.3 Å². The molecule has 0 bridgehead atoms. The van der Waals surface area contributed by atoms with Crippen molar-refractivity contribution in [3.63, 3.8) is 0 Å². The van der Waals surface area contributed by atoms with Crippen molar-refractivity contribution < 1.29 is 38.3 Å². The van der Waals surface area contributed by atoms with Crippen LogP contribution in [0.4, 0.5) is 0 Å². The molecule has 0 spiro atoms. The molecular weight excluding hydrogens is 416 g/mol. The first-order valence-electron chi connectivity index (χ1n) is 11.1. The summed E-state index contributed by atoms with van der Waals surface area (Å²) >= 11 is 0. The lowest BCUT2D eigenvalue weighted by molar-refractivity contribution is 0.00217. The molecule has 6 rings (SSSR count). The highest BCUT2D eigenvalue weighted by atomic mass is 16.6. The molecule has 2 saturated heterocycles. The van der Waals surface area contributed by atoms with Crippen LogP contribution in [-0.2, 0) is 9.47 Å². The van der Waals surface area contributed by atoms with E-state index < -0.39 is 12.2 Å². The number of aliphatic hydroxyl groups excluding tert-OH is 1. The van der Waals surface area contributed by atoms with Gasteiger partial charge >= 0.3 is 0 Å². The van der Waals surface area contributed by atoms with Crippen molar-refractivity contribution in [2.75, 3.05) is 39.6 Å². The molecule has 4 aliphatic rings. The molecule has 5 unspecified atom stereocenters. The molecule has 2 aromatic rings. The average Bonchev–Trinajstić information content (AvgIpc) is 3.73. The fourth-order valence-corrected chi connectivity index (χ4v) is 4.17. The highest BCUT2D eigenvalue weighted by Crippen LogP contribution is 2.49. The summed E-state index contributed by atoms with van der Waals surface area (Å²) in [5.41, 5.74) is 1.66. The smallest absolute Gasteiger partial charge is 0.161 e. The van der Waals surface area contributed by atoms with Crippen LogP contribution < -0.4 is 23.7 Å². The summed E-state index contributed by atoms with van der Waals surface area (Å²) in [6, 6.07) is 9.38. The normalized spacial score (nSPS) is 29.5. The first-order chi connectivity index (χ1) is 15.7. The van der Waals surface area contributed by atoms with Crippen molar-refractivity contribution in [3.05, 3.63) is 41.5 Å². The molecule has 0 aliphatic carbocycles. The van der Waals surface area contributed by atoms with Gasteiger partial charge in [0, 0.05) is 23.6 Å². The molecular formula is C24H26O8. The van der Waals surface area contributed by atoms with Gasteiger partial charge in [0.05, 0.1) is 13.2 Å². The third kappa shape index (κ3) is 3.94. The molecule has 1 N–H and O–H groups in total. The van der Waals surface area contributed by atoms with Gasteiger partial charge in [-0.05, 0) is 17.7 Å². The van der Waals surface area contributed by atoms with Crippen LogP contribution in [0.2, 0.25) is 0 Å². The lowest BCUT2D eigenvalue weighted by Gasteiger charge is -2.37. The van der Waals surface area contributed by atoms with Gasteiger partial charge in [0.1, 0.15) is 62.0 Å². The molecule has 0 radical (unpaired) electrons. The van der Waals surface area contributed by atoms with Crippen molar-refractivity contribution in [2.24, 2.45) is 0 Å². The maximum atomic E-state index is 11.2. The van der Waals surface area contributed by atoms with Crippen LogP contribution in [0.3, 0.4) is 0 Å². The van der Waals surface area contributed by atoms with Crippen molar-refractivity contribution in [1.82, 2.24) is 0 Å².